The van der Waals surface area contributed by atoms with Gasteiger partial charge in [-0.2, -0.15) is 0 Å². The van der Waals surface area contributed by atoms with Crippen molar-refractivity contribution in [2.45, 2.75) is 13.3 Å². The lowest BCUT2D eigenvalue weighted by atomic mass is 10.2. The number of thiocarbonyl (C=S) groups is 1. The van der Waals surface area contributed by atoms with Crippen molar-refractivity contribution in [1.82, 2.24) is 4.90 Å². The van der Waals surface area contributed by atoms with E-state index in [0.29, 0.717) is 23.6 Å². The van der Waals surface area contributed by atoms with E-state index >= 15 is 0 Å². The fourth-order valence-corrected chi connectivity index (χ4v) is 2.21. The predicted molar refractivity (Wildman–Crippen MR) is 82.1 cm³/mol. The van der Waals surface area contributed by atoms with Crippen LogP contribution >= 0.6 is 34.8 Å². The summed E-state index contributed by atoms with van der Waals surface area (Å²) in [6, 6.07) is 7.51. The van der Waals surface area contributed by atoms with Gasteiger partial charge in [-0.15, -0.1) is 0 Å². The first kappa shape index (κ1) is 14.4. The highest BCUT2D eigenvalue weighted by atomic mass is 127. The smallest absolute Gasteiger partial charge is 0.254 e. The second-order valence-electron chi connectivity index (χ2n) is 3.70. The highest BCUT2D eigenvalue weighted by molar-refractivity contribution is 14.1. The molecule has 0 bridgehead atoms. The van der Waals surface area contributed by atoms with Gasteiger partial charge in [0.05, 0.1) is 11.5 Å². The number of carbonyl (C=O) groups excluding carboxylic acids is 1. The van der Waals surface area contributed by atoms with Crippen molar-refractivity contribution >= 4 is 45.7 Å². The van der Waals surface area contributed by atoms with Gasteiger partial charge < -0.3 is 10.6 Å². The number of halogens is 1. The van der Waals surface area contributed by atoms with Crippen LogP contribution < -0.4 is 5.73 Å². The summed E-state index contributed by atoms with van der Waals surface area (Å²) >= 11 is 7.05. The van der Waals surface area contributed by atoms with Crippen molar-refractivity contribution in [2.24, 2.45) is 5.73 Å². The Balaban J connectivity index is 2.87. The van der Waals surface area contributed by atoms with Gasteiger partial charge in [0.1, 0.15) is 0 Å². The molecule has 0 aliphatic rings. The summed E-state index contributed by atoms with van der Waals surface area (Å²) in [5.41, 5.74) is 6.19. The normalized spacial score (nSPS) is 10.0. The summed E-state index contributed by atoms with van der Waals surface area (Å²) < 4.78 is 1.04. The summed E-state index contributed by atoms with van der Waals surface area (Å²) in [5.74, 6) is -0.0156. The molecule has 92 valence electrons. The van der Waals surface area contributed by atoms with Crippen LogP contribution in [0, 0.1) is 3.57 Å². The van der Waals surface area contributed by atoms with Crippen molar-refractivity contribution in [2.75, 3.05) is 13.1 Å². The van der Waals surface area contributed by atoms with Crippen molar-refractivity contribution in [3.8, 4) is 0 Å². The van der Waals surface area contributed by atoms with Crippen LogP contribution in [0.2, 0.25) is 0 Å². The van der Waals surface area contributed by atoms with E-state index in [2.05, 4.69) is 22.6 Å². The average Bonchev–Trinajstić information content (AvgIpc) is 2.27. The number of hydrogen-bond donors (Lipinski definition) is 1. The first-order chi connectivity index (χ1) is 8.04. The predicted octanol–water partition coefficient (Wildman–Crippen LogP) is 2.43. The van der Waals surface area contributed by atoms with E-state index in [0.717, 1.165) is 9.99 Å². The molecule has 17 heavy (non-hydrogen) atoms. The van der Waals surface area contributed by atoms with Gasteiger partial charge in [0, 0.05) is 15.7 Å². The van der Waals surface area contributed by atoms with E-state index in [-0.39, 0.29) is 5.91 Å². The monoisotopic (exact) mass is 362 g/mol. The minimum Gasteiger partial charge on any atom is -0.392 e. The molecule has 0 atom stereocenters. The maximum Gasteiger partial charge on any atom is 0.254 e. The Morgan fingerprint density at radius 1 is 1.53 bits per heavy atom. The summed E-state index contributed by atoms with van der Waals surface area (Å²) in [6.07, 6.45) is 0.887. The third-order valence-corrected chi connectivity index (χ3v) is 3.00. The Hall–Kier alpha value is -0.690. The quantitative estimate of drug-likeness (QED) is 0.647. The fourth-order valence-electron chi connectivity index (χ4n) is 1.51. The van der Waals surface area contributed by atoms with Crippen LogP contribution in [-0.4, -0.2) is 28.9 Å². The van der Waals surface area contributed by atoms with Gasteiger partial charge in [0.25, 0.3) is 5.91 Å². The summed E-state index contributed by atoms with van der Waals surface area (Å²) in [5, 5.41) is 0. The summed E-state index contributed by atoms with van der Waals surface area (Å²) in [7, 11) is 0. The zero-order chi connectivity index (χ0) is 12.8. The number of hydrogen-bond acceptors (Lipinski definition) is 2. The highest BCUT2D eigenvalue weighted by Crippen LogP contribution is 2.10. The second-order valence-corrected chi connectivity index (χ2v) is 5.47. The van der Waals surface area contributed by atoms with E-state index in [9.17, 15) is 4.79 Å². The highest BCUT2D eigenvalue weighted by Gasteiger charge is 2.15. The van der Waals surface area contributed by atoms with E-state index in [1.54, 1.807) is 4.90 Å². The van der Waals surface area contributed by atoms with Crippen molar-refractivity contribution in [1.29, 1.82) is 0 Å². The molecule has 0 saturated carbocycles. The summed E-state index contributed by atoms with van der Waals surface area (Å²) in [4.78, 5) is 14.3. The molecule has 2 N–H and O–H groups in total. The number of carbonyl (C=O) groups is 1. The molecule has 1 amide bonds. The molecule has 0 heterocycles. The molecule has 1 aromatic rings. The Kier molecular flexibility index (Phi) is 5.84. The van der Waals surface area contributed by atoms with Gasteiger partial charge in [-0.25, -0.2) is 0 Å². The molecule has 0 aliphatic heterocycles. The molecular formula is C12H15IN2OS. The van der Waals surface area contributed by atoms with Crippen LogP contribution in [-0.2, 0) is 0 Å². The number of nitrogens with two attached hydrogens (primary N) is 1. The lowest BCUT2D eigenvalue weighted by Crippen LogP contribution is -2.38. The average molecular weight is 362 g/mol. The van der Waals surface area contributed by atoms with Crippen LogP contribution in [0.1, 0.15) is 23.7 Å². The zero-order valence-corrected chi connectivity index (χ0v) is 12.6. The van der Waals surface area contributed by atoms with Crippen LogP contribution in [0.25, 0.3) is 0 Å². The van der Waals surface area contributed by atoms with Gasteiger partial charge in [-0.05, 0) is 47.2 Å². The maximum absolute atomic E-state index is 12.2. The minimum atomic E-state index is -0.0156. The van der Waals surface area contributed by atoms with Crippen molar-refractivity contribution in [3.05, 3.63) is 33.4 Å². The lowest BCUT2D eigenvalue weighted by Gasteiger charge is -2.21. The van der Waals surface area contributed by atoms with Gasteiger partial charge in [0.15, 0.2) is 0 Å². The van der Waals surface area contributed by atoms with Gasteiger partial charge >= 0.3 is 0 Å². The fraction of sp³-hybridized carbons (Fsp3) is 0.333. The van der Waals surface area contributed by atoms with Crippen molar-refractivity contribution in [3.63, 3.8) is 0 Å². The van der Waals surface area contributed by atoms with Crippen molar-refractivity contribution < 1.29 is 4.79 Å². The minimum absolute atomic E-state index is 0.0156. The Labute approximate surface area is 121 Å². The summed E-state index contributed by atoms with van der Waals surface area (Å²) in [6.45, 7) is 3.03. The number of rotatable bonds is 5. The number of benzene rings is 1. The van der Waals surface area contributed by atoms with Crippen LogP contribution in [0.4, 0.5) is 0 Å². The van der Waals surface area contributed by atoms with E-state index in [1.807, 2.05) is 31.2 Å². The van der Waals surface area contributed by atoms with Crippen LogP contribution in [0.5, 0.6) is 0 Å². The maximum atomic E-state index is 12.2. The Morgan fingerprint density at radius 3 is 2.76 bits per heavy atom. The van der Waals surface area contributed by atoms with Crippen LogP contribution in [0.15, 0.2) is 24.3 Å². The molecular weight excluding hydrogens is 347 g/mol. The molecule has 0 saturated heterocycles. The molecule has 0 aromatic heterocycles. The van der Waals surface area contributed by atoms with Gasteiger partial charge in [-0.1, -0.05) is 25.2 Å². The molecule has 0 unspecified atom stereocenters. The van der Waals surface area contributed by atoms with E-state index < -0.39 is 0 Å². The molecule has 0 aliphatic carbocycles. The van der Waals surface area contributed by atoms with E-state index in [1.165, 1.54) is 0 Å². The number of amides is 1. The molecule has 0 spiro atoms. The standard InChI is InChI=1S/C12H15IN2OS/c1-2-6-15(8-11(14)17)12(16)9-4-3-5-10(13)7-9/h3-5,7H,2,6,8H2,1H3,(H2,14,17). The molecule has 0 fully saturated rings. The second kappa shape index (κ2) is 6.90. The molecule has 3 nitrogen and oxygen atoms in total. The van der Waals surface area contributed by atoms with Gasteiger partial charge in [0.2, 0.25) is 0 Å². The molecule has 1 rings (SSSR count). The largest absolute Gasteiger partial charge is 0.392 e. The third-order valence-electron chi connectivity index (χ3n) is 2.20. The first-order valence-electron chi connectivity index (χ1n) is 5.37. The molecule has 0 radical (unpaired) electrons. The first-order valence-corrected chi connectivity index (χ1v) is 6.86. The third kappa shape index (κ3) is 4.59. The molecule has 5 heteroatoms. The molecule has 1 aromatic carbocycles. The van der Waals surface area contributed by atoms with Crippen LogP contribution in [0.3, 0.4) is 0 Å². The van der Waals surface area contributed by atoms with Gasteiger partial charge in [-0.3, -0.25) is 4.79 Å². The lowest BCUT2D eigenvalue weighted by molar-refractivity contribution is 0.0780. The van der Waals surface area contributed by atoms with E-state index in [4.69, 9.17) is 18.0 Å². The number of nitrogens with zero attached hydrogens (tertiary/aromatic N) is 1. The zero-order valence-electron chi connectivity index (χ0n) is 9.65. The Morgan fingerprint density at radius 2 is 2.24 bits per heavy atom. The topological polar surface area (TPSA) is 46.3 Å². The Bertz CT molecular complexity index is 423. The SMILES string of the molecule is CCCN(CC(N)=S)C(=O)c1cccc(I)c1.